The van der Waals surface area contributed by atoms with Gasteiger partial charge in [-0.1, -0.05) is 24.3 Å². The second kappa shape index (κ2) is 12.0. The molecule has 2 aromatic carbocycles. The van der Waals surface area contributed by atoms with Crippen molar-refractivity contribution in [2.24, 2.45) is 11.8 Å². The van der Waals surface area contributed by atoms with Crippen molar-refractivity contribution in [2.45, 2.75) is 39.2 Å². The fourth-order valence-electron chi connectivity index (χ4n) is 4.04. The lowest BCUT2D eigenvalue weighted by atomic mass is 9.94. The first-order valence-electron chi connectivity index (χ1n) is 12.0. The molecule has 0 radical (unpaired) electrons. The summed E-state index contributed by atoms with van der Waals surface area (Å²) in [5.74, 6) is -2.80. The molecule has 9 heteroatoms. The van der Waals surface area contributed by atoms with Crippen molar-refractivity contribution < 1.29 is 27.9 Å². The van der Waals surface area contributed by atoms with Gasteiger partial charge in [0.2, 0.25) is 11.8 Å². The fraction of sp³-hybridized carbons (Fsp3) is 0.444. The molecule has 1 heterocycles. The van der Waals surface area contributed by atoms with Gasteiger partial charge in [-0.2, -0.15) is 0 Å². The first-order valence-corrected chi connectivity index (χ1v) is 12.0. The maximum atomic E-state index is 13.1. The summed E-state index contributed by atoms with van der Waals surface area (Å²) in [6.07, 6.45) is 0.430. The Bertz CT molecular complexity index is 981. The number of hydrogen-bond acceptors (Lipinski definition) is 4. The molecule has 3 amide bonds. The lowest BCUT2D eigenvalue weighted by Gasteiger charge is -2.24. The molecule has 7 nitrogen and oxygen atoms in total. The summed E-state index contributed by atoms with van der Waals surface area (Å²) in [7, 11) is 0. The smallest absolute Gasteiger partial charge is 0.410 e. The Balaban J connectivity index is 1.60. The lowest BCUT2D eigenvalue weighted by molar-refractivity contribution is -0.132. The molecule has 0 saturated carbocycles. The number of nitrogens with zero attached hydrogens (tertiary/aromatic N) is 1. The molecule has 0 bridgehead atoms. The van der Waals surface area contributed by atoms with E-state index in [1.807, 2.05) is 0 Å². The van der Waals surface area contributed by atoms with Crippen LogP contribution >= 0.6 is 0 Å². The molecule has 2 atom stereocenters. The van der Waals surface area contributed by atoms with Gasteiger partial charge in [-0.25, -0.2) is 13.6 Å². The van der Waals surface area contributed by atoms with Gasteiger partial charge in [-0.15, -0.1) is 0 Å². The third-order valence-electron chi connectivity index (χ3n) is 5.90. The number of benzene rings is 2. The van der Waals surface area contributed by atoms with Gasteiger partial charge in [0.1, 0.15) is 17.2 Å². The Morgan fingerprint density at radius 1 is 0.806 bits per heavy atom. The second-order valence-electron chi connectivity index (χ2n) is 9.93. The van der Waals surface area contributed by atoms with E-state index in [0.29, 0.717) is 25.9 Å². The zero-order valence-electron chi connectivity index (χ0n) is 20.9. The molecule has 2 N–H and O–H groups in total. The van der Waals surface area contributed by atoms with Crippen molar-refractivity contribution in [1.29, 1.82) is 0 Å². The minimum atomic E-state index is -0.739. The summed E-state index contributed by atoms with van der Waals surface area (Å²) in [5, 5.41) is 5.68. The predicted molar refractivity (Wildman–Crippen MR) is 131 cm³/mol. The molecule has 194 valence electrons. The van der Waals surface area contributed by atoms with Gasteiger partial charge in [0.05, 0.1) is 11.8 Å². The van der Waals surface area contributed by atoms with Crippen molar-refractivity contribution in [1.82, 2.24) is 15.5 Å². The molecular formula is C27H33F2N3O4. The average Bonchev–Trinajstić information content (AvgIpc) is 3.27. The van der Waals surface area contributed by atoms with E-state index < -0.39 is 23.5 Å². The molecule has 3 rings (SSSR count). The highest BCUT2D eigenvalue weighted by Crippen LogP contribution is 2.26. The number of ether oxygens (including phenoxy) is 1. The lowest BCUT2D eigenvalue weighted by Crippen LogP contribution is -2.42. The van der Waals surface area contributed by atoms with Crippen LogP contribution in [0.2, 0.25) is 0 Å². The van der Waals surface area contributed by atoms with E-state index in [1.54, 1.807) is 45.0 Å². The summed E-state index contributed by atoms with van der Waals surface area (Å²) < 4.78 is 31.6. The number of carbonyl (C=O) groups is 3. The standard InChI is InChI=1S/C27H33F2N3O4/c1-27(2,3)36-26(35)32-16-22(24(33)30-14-12-18-4-8-20(28)9-5-18)23(17-32)25(34)31-15-13-19-6-10-21(29)11-7-19/h4-11,22-23H,12-17H2,1-3H3,(H,30,33)(H,31,34). The van der Waals surface area contributed by atoms with E-state index >= 15 is 0 Å². The summed E-state index contributed by atoms with van der Waals surface area (Å²) in [5.41, 5.74) is 1.03. The van der Waals surface area contributed by atoms with E-state index in [9.17, 15) is 23.2 Å². The van der Waals surface area contributed by atoms with Crippen LogP contribution in [-0.4, -0.2) is 54.6 Å². The molecular weight excluding hydrogens is 468 g/mol. The van der Waals surface area contributed by atoms with E-state index in [0.717, 1.165) is 11.1 Å². The van der Waals surface area contributed by atoms with Crippen LogP contribution in [0.15, 0.2) is 48.5 Å². The number of carbonyl (C=O) groups excluding carboxylic acids is 3. The van der Waals surface area contributed by atoms with E-state index in [1.165, 1.54) is 29.2 Å². The van der Waals surface area contributed by atoms with Gasteiger partial charge in [0.15, 0.2) is 0 Å². The Kier molecular flexibility index (Phi) is 9.01. The summed E-state index contributed by atoms with van der Waals surface area (Å²) in [4.78, 5) is 40.1. The number of halogens is 2. The van der Waals surface area contributed by atoms with Crippen LogP contribution in [0, 0.1) is 23.5 Å². The van der Waals surface area contributed by atoms with Gasteiger partial charge in [0.25, 0.3) is 0 Å². The zero-order valence-corrected chi connectivity index (χ0v) is 20.9. The van der Waals surface area contributed by atoms with Crippen molar-refractivity contribution in [2.75, 3.05) is 26.2 Å². The Morgan fingerprint density at radius 3 is 1.56 bits per heavy atom. The van der Waals surface area contributed by atoms with Crippen LogP contribution in [0.25, 0.3) is 0 Å². The number of nitrogens with one attached hydrogen (secondary N) is 2. The number of hydrogen-bond donors (Lipinski definition) is 2. The molecule has 1 aliphatic heterocycles. The summed E-state index contributed by atoms with van der Waals surface area (Å²) in [6.45, 7) is 6.00. The first-order chi connectivity index (χ1) is 17.0. The van der Waals surface area contributed by atoms with Gasteiger partial charge < -0.3 is 20.3 Å². The maximum Gasteiger partial charge on any atom is 0.410 e. The van der Waals surface area contributed by atoms with Crippen LogP contribution in [0.1, 0.15) is 31.9 Å². The molecule has 0 aromatic heterocycles. The molecule has 1 aliphatic rings. The molecule has 2 aromatic rings. The highest BCUT2D eigenvalue weighted by Gasteiger charge is 2.44. The van der Waals surface area contributed by atoms with Gasteiger partial charge in [-0.3, -0.25) is 9.59 Å². The largest absolute Gasteiger partial charge is 0.444 e. The summed E-state index contributed by atoms with van der Waals surface area (Å²) >= 11 is 0. The fourth-order valence-corrected chi connectivity index (χ4v) is 4.04. The number of rotatable bonds is 8. The zero-order chi connectivity index (χ0) is 26.3. The van der Waals surface area contributed by atoms with Crippen LogP contribution in [0.3, 0.4) is 0 Å². The van der Waals surface area contributed by atoms with Crippen LogP contribution in [0.4, 0.5) is 13.6 Å². The highest BCUT2D eigenvalue weighted by atomic mass is 19.1. The Labute approximate surface area is 210 Å². The molecule has 1 saturated heterocycles. The third kappa shape index (κ3) is 8.03. The minimum Gasteiger partial charge on any atom is -0.444 e. The molecule has 2 unspecified atom stereocenters. The molecule has 1 fully saturated rings. The molecule has 36 heavy (non-hydrogen) atoms. The van der Waals surface area contributed by atoms with Gasteiger partial charge in [0, 0.05) is 26.2 Å². The third-order valence-corrected chi connectivity index (χ3v) is 5.90. The molecule has 0 spiro atoms. The van der Waals surface area contributed by atoms with Crippen molar-refractivity contribution >= 4 is 17.9 Å². The van der Waals surface area contributed by atoms with E-state index in [4.69, 9.17) is 4.74 Å². The highest BCUT2D eigenvalue weighted by molar-refractivity contribution is 5.89. The monoisotopic (exact) mass is 501 g/mol. The van der Waals surface area contributed by atoms with Crippen LogP contribution < -0.4 is 10.6 Å². The summed E-state index contributed by atoms with van der Waals surface area (Å²) in [6, 6.07) is 12.0. The Morgan fingerprint density at radius 2 is 1.19 bits per heavy atom. The van der Waals surface area contributed by atoms with Crippen LogP contribution in [-0.2, 0) is 27.2 Å². The maximum absolute atomic E-state index is 13.1. The predicted octanol–water partition coefficient (Wildman–Crippen LogP) is 3.47. The van der Waals surface area contributed by atoms with Crippen molar-refractivity contribution in [3.05, 3.63) is 71.3 Å². The number of amides is 3. The average molecular weight is 502 g/mol. The van der Waals surface area contributed by atoms with Crippen LogP contribution in [0.5, 0.6) is 0 Å². The topological polar surface area (TPSA) is 87.7 Å². The van der Waals surface area contributed by atoms with Gasteiger partial charge in [-0.05, 0) is 69.0 Å². The number of likely N-dealkylation sites (tertiary alicyclic amines) is 1. The van der Waals surface area contributed by atoms with Crippen molar-refractivity contribution in [3.8, 4) is 0 Å². The Hall–Kier alpha value is -3.49. The minimum absolute atomic E-state index is 0.0628. The SMILES string of the molecule is CC(C)(C)OC(=O)N1CC(C(=O)NCCc2ccc(F)cc2)C(C(=O)NCCc2ccc(F)cc2)C1. The second-order valence-corrected chi connectivity index (χ2v) is 9.93. The normalized spacial score (nSPS) is 17.5. The van der Waals surface area contributed by atoms with Crippen molar-refractivity contribution in [3.63, 3.8) is 0 Å². The van der Waals surface area contributed by atoms with Gasteiger partial charge >= 0.3 is 6.09 Å². The van der Waals surface area contributed by atoms with E-state index in [-0.39, 0.29) is 36.5 Å². The first kappa shape index (κ1) is 27.1. The quantitative estimate of drug-likeness (QED) is 0.580. The molecule has 0 aliphatic carbocycles. The van der Waals surface area contributed by atoms with E-state index in [2.05, 4.69) is 10.6 Å².